The Balaban J connectivity index is 1.63. The summed E-state index contributed by atoms with van der Waals surface area (Å²) in [6, 6.07) is 1.63. The minimum absolute atomic E-state index is 0.0414. The van der Waals surface area contributed by atoms with E-state index >= 15 is 0 Å². The maximum atomic E-state index is 12.1. The van der Waals surface area contributed by atoms with Crippen molar-refractivity contribution in [1.29, 1.82) is 0 Å². The lowest BCUT2D eigenvalue weighted by Gasteiger charge is -2.37. The average Bonchev–Trinajstić information content (AvgIpc) is 2.76. The van der Waals surface area contributed by atoms with Crippen molar-refractivity contribution in [3.8, 4) is 0 Å². The minimum Gasteiger partial charge on any atom is -0.356 e. The molecule has 0 aromatic carbocycles. The Bertz CT molecular complexity index is 606. The van der Waals surface area contributed by atoms with E-state index in [9.17, 15) is 4.79 Å². The number of rotatable bonds is 2. The molecule has 1 fully saturated rings. The summed E-state index contributed by atoms with van der Waals surface area (Å²) in [5, 5.41) is 0.539. The van der Waals surface area contributed by atoms with Gasteiger partial charge in [0.2, 0.25) is 0 Å². The van der Waals surface area contributed by atoms with Crippen LogP contribution in [0.3, 0.4) is 0 Å². The number of nitrogens with zero attached hydrogens (tertiary/aromatic N) is 3. The molecule has 0 saturated carbocycles. The number of aromatic amines is 1. The predicted octanol–water partition coefficient (Wildman–Crippen LogP) is 2.46. The summed E-state index contributed by atoms with van der Waals surface area (Å²) in [7, 11) is 0. The van der Waals surface area contributed by atoms with Crippen molar-refractivity contribution >= 4 is 33.4 Å². The third-order valence-electron chi connectivity index (χ3n) is 3.05. The van der Waals surface area contributed by atoms with Gasteiger partial charge in [0.05, 0.1) is 15.4 Å². The van der Waals surface area contributed by atoms with Crippen LogP contribution < -0.4 is 0 Å². The molecule has 1 amide bonds. The second-order valence-corrected chi connectivity index (χ2v) is 5.75. The monoisotopic (exact) mass is 340 g/mol. The molecule has 19 heavy (non-hydrogen) atoms. The highest BCUT2D eigenvalue weighted by Gasteiger charge is 2.34. The van der Waals surface area contributed by atoms with Crippen molar-refractivity contribution < 1.29 is 4.79 Å². The molecule has 0 aliphatic carbocycles. The van der Waals surface area contributed by atoms with E-state index in [0.717, 1.165) is 10.3 Å². The van der Waals surface area contributed by atoms with Gasteiger partial charge in [0.1, 0.15) is 11.5 Å². The van der Waals surface area contributed by atoms with E-state index in [-0.39, 0.29) is 11.8 Å². The molecule has 2 aromatic rings. The Hall–Kier alpha value is -1.40. The smallest absolute Gasteiger partial charge is 0.270 e. The van der Waals surface area contributed by atoms with E-state index in [4.69, 9.17) is 11.6 Å². The van der Waals surface area contributed by atoms with E-state index in [1.165, 1.54) is 0 Å². The summed E-state index contributed by atoms with van der Waals surface area (Å²) < 4.78 is 0.851. The molecule has 98 valence electrons. The number of carbonyl (C=O) groups excluding carboxylic acids is 1. The van der Waals surface area contributed by atoms with Gasteiger partial charge in [-0.15, -0.1) is 0 Å². The summed E-state index contributed by atoms with van der Waals surface area (Å²) in [6.07, 6.45) is 5.04. The van der Waals surface area contributed by atoms with Gasteiger partial charge in [-0.05, 0) is 22.0 Å². The summed E-state index contributed by atoms with van der Waals surface area (Å²) in [5.74, 6) is 0.944. The van der Waals surface area contributed by atoms with Gasteiger partial charge in [-0.1, -0.05) is 11.6 Å². The van der Waals surface area contributed by atoms with Crippen molar-refractivity contribution in [2.75, 3.05) is 13.1 Å². The highest BCUT2D eigenvalue weighted by Crippen LogP contribution is 2.26. The fourth-order valence-corrected chi connectivity index (χ4v) is 2.37. The Morgan fingerprint density at radius 2 is 2.11 bits per heavy atom. The SMILES string of the molecule is O=C(c1cc(Cl)c[nH]1)N1CC(c2ncc(Br)cn2)C1. The van der Waals surface area contributed by atoms with Gasteiger partial charge in [0, 0.05) is 31.7 Å². The maximum Gasteiger partial charge on any atom is 0.270 e. The van der Waals surface area contributed by atoms with Crippen LogP contribution >= 0.6 is 27.5 Å². The van der Waals surface area contributed by atoms with E-state index in [1.54, 1.807) is 29.6 Å². The fourth-order valence-electron chi connectivity index (χ4n) is 2.00. The highest BCUT2D eigenvalue weighted by atomic mass is 79.9. The first kappa shape index (κ1) is 12.6. The zero-order valence-electron chi connectivity index (χ0n) is 9.81. The van der Waals surface area contributed by atoms with Gasteiger partial charge >= 0.3 is 0 Å². The molecule has 1 aliphatic heterocycles. The molecule has 2 aromatic heterocycles. The van der Waals surface area contributed by atoms with Crippen LogP contribution in [0.1, 0.15) is 22.2 Å². The number of carbonyl (C=O) groups is 1. The van der Waals surface area contributed by atoms with Crippen LogP contribution in [-0.2, 0) is 0 Å². The molecule has 0 unspecified atom stereocenters. The zero-order chi connectivity index (χ0) is 13.4. The molecule has 7 heteroatoms. The first-order chi connectivity index (χ1) is 9.13. The third kappa shape index (κ3) is 2.50. The first-order valence-corrected chi connectivity index (χ1v) is 6.91. The molecular formula is C12H10BrClN4O. The summed E-state index contributed by atoms with van der Waals surface area (Å²) in [5.41, 5.74) is 0.514. The lowest BCUT2D eigenvalue weighted by Crippen LogP contribution is -2.49. The normalized spacial score (nSPS) is 15.4. The van der Waals surface area contributed by atoms with Crippen LogP contribution in [-0.4, -0.2) is 38.8 Å². The summed E-state index contributed by atoms with van der Waals surface area (Å²) in [6.45, 7) is 1.27. The summed E-state index contributed by atoms with van der Waals surface area (Å²) in [4.78, 5) is 25.2. The van der Waals surface area contributed by atoms with Crippen LogP contribution in [0.25, 0.3) is 0 Å². The molecule has 0 bridgehead atoms. The number of H-pyrrole nitrogens is 1. The van der Waals surface area contributed by atoms with Crippen molar-refractivity contribution in [2.24, 2.45) is 0 Å². The largest absolute Gasteiger partial charge is 0.356 e. The van der Waals surface area contributed by atoms with E-state index < -0.39 is 0 Å². The van der Waals surface area contributed by atoms with Gasteiger partial charge in [0.15, 0.2) is 0 Å². The molecule has 3 rings (SSSR count). The van der Waals surface area contributed by atoms with Gasteiger partial charge < -0.3 is 9.88 Å². The maximum absolute atomic E-state index is 12.1. The van der Waals surface area contributed by atoms with Gasteiger partial charge in [-0.25, -0.2) is 9.97 Å². The van der Waals surface area contributed by atoms with Crippen LogP contribution in [0.4, 0.5) is 0 Å². The number of hydrogen-bond acceptors (Lipinski definition) is 3. The van der Waals surface area contributed by atoms with Crippen LogP contribution in [0.15, 0.2) is 29.1 Å². The molecule has 0 spiro atoms. The standard InChI is InChI=1S/C12H10BrClN4O/c13-8-2-16-11(17-3-8)7-5-18(6-7)12(19)10-1-9(14)4-15-10/h1-4,7,15H,5-6H2. The van der Waals surface area contributed by atoms with Crippen LogP contribution in [0.2, 0.25) is 5.02 Å². The predicted molar refractivity (Wildman–Crippen MR) is 74.2 cm³/mol. The van der Waals surface area contributed by atoms with Crippen molar-refractivity contribution in [1.82, 2.24) is 19.9 Å². The Kier molecular flexibility index (Phi) is 3.28. The topological polar surface area (TPSA) is 61.9 Å². The molecule has 3 heterocycles. The number of amides is 1. The molecule has 1 N–H and O–H groups in total. The fraction of sp³-hybridized carbons (Fsp3) is 0.250. The first-order valence-electron chi connectivity index (χ1n) is 5.74. The van der Waals surface area contributed by atoms with E-state index in [2.05, 4.69) is 30.9 Å². The number of nitrogens with one attached hydrogen (secondary N) is 1. The second-order valence-electron chi connectivity index (χ2n) is 4.40. The zero-order valence-corrected chi connectivity index (χ0v) is 12.1. The van der Waals surface area contributed by atoms with Crippen molar-refractivity contribution in [3.63, 3.8) is 0 Å². The van der Waals surface area contributed by atoms with Gasteiger partial charge in [-0.3, -0.25) is 4.79 Å². The third-order valence-corrected chi connectivity index (χ3v) is 3.68. The van der Waals surface area contributed by atoms with Crippen molar-refractivity contribution in [3.05, 3.63) is 45.7 Å². The molecule has 1 aliphatic rings. The quantitative estimate of drug-likeness (QED) is 0.913. The molecule has 1 saturated heterocycles. The number of hydrogen-bond donors (Lipinski definition) is 1. The van der Waals surface area contributed by atoms with Crippen LogP contribution in [0.5, 0.6) is 0 Å². The van der Waals surface area contributed by atoms with Gasteiger partial charge in [0.25, 0.3) is 5.91 Å². The highest BCUT2D eigenvalue weighted by molar-refractivity contribution is 9.10. The Morgan fingerprint density at radius 1 is 1.42 bits per heavy atom. The van der Waals surface area contributed by atoms with Crippen molar-refractivity contribution in [2.45, 2.75) is 5.92 Å². The molecule has 5 nitrogen and oxygen atoms in total. The molecule has 0 atom stereocenters. The number of halogens is 2. The minimum atomic E-state index is -0.0414. The average molecular weight is 342 g/mol. The lowest BCUT2D eigenvalue weighted by atomic mass is 9.99. The number of likely N-dealkylation sites (tertiary alicyclic amines) is 1. The van der Waals surface area contributed by atoms with Crippen LogP contribution in [0, 0.1) is 0 Å². The van der Waals surface area contributed by atoms with E-state index in [0.29, 0.717) is 23.8 Å². The van der Waals surface area contributed by atoms with Gasteiger partial charge in [-0.2, -0.15) is 0 Å². The second kappa shape index (κ2) is 4.94. The number of aromatic nitrogens is 3. The molecule has 0 radical (unpaired) electrons. The van der Waals surface area contributed by atoms with E-state index in [1.807, 2.05) is 0 Å². The summed E-state index contributed by atoms with van der Waals surface area (Å²) >= 11 is 9.08. The Labute approximate surface area is 123 Å². The Morgan fingerprint density at radius 3 is 2.68 bits per heavy atom. The lowest BCUT2D eigenvalue weighted by molar-refractivity contribution is 0.0589. The molecular weight excluding hydrogens is 332 g/mol.